The smallest absolute Gasteiger partial charge is 0.137 e. The number of methoxy groups -OCH3 is 1. The first kappa shape index (κ1) is 16.2. The monoisotopic (exact) mass is 285 g/mol. The number of halogens is 1. The fourth-order valence-corrected chi connectivity index (χ4v) is 2.10. The molecule has 1 heterocycles. The molecule has 1 rings (SSSR count). The molecule has 0 N–H and O–H groups in total. The SMILES string of the molecule is CCN(c1cc(Cl)nc(C(C)(C)C)n1)C(C)COC. The van der Waals surface area contributed by atoms with E-state index in [1.807, 2.05) is 6.07 Å². The van der Waals surface area contributed by atoms with Crippen molar-refractivity contribution in [1.29, 1.82) is 0 Å². The van der Waals surface area contributed by atoms with E-state index in [1.165, 1.54) is 0 Å². The fraction of sp³-hybridized carbons (Fsp3) is 0.714. The molecule has 4 nitrogen and oxygen atoms in total. The summed E-state index contributed by atoms with van der Waals surface area (Å²) in [6.07, 6.45) is 0. The van der Waals surface area contributed by atoms with E-state index in [4.69, 9.17) is 16.3 Å². The van der Waals surface area contributed by atoms with E-state index in [9.17, 15) is 0 Å². The highest BCUT2D eigenvalue weighted by atomic mass is 35.5. The van der Waals surface area contributed by atoms with Crippen molar-refractivity contribution >= 4 is 17.4 Å². The molecule has 0 radical (unpaired) electrons. The number of aromatic nitrogens is 2. The van der Waals surface area contributed by atoms with Crippen LogP contribution in [-0.2, 0) is 10.2 Å². The van der Waals surface area contributed by atoms with Gasteiger partial charge in [0.2, 0.25) is 0 Å². The van der Waals surface area contributed by atoms with Crippen molar-refractivity contribution < 1.29 is 4.74 Å². The average molecular weight is 286 g/mol. The average Bonchev–Trinajstić information content (AvgIpc) is 2.28. The highest BCUT2D eigenvalue weighted by molar-refractivity contribution is 6.29. The summed E-state index contributed by atoms with van der Waals surface area (Å²) in [5, 5.41) is 0.484. The van der Waals surface area contributed by atoms with Crippen molar-refractivity contribution in [2.24, 2.45) is 0 Å². The Bertz CT molecular complexity index is 418. The Kier molecular flexibility index (Phi) is 5.56. The summed E-state index contributed by atoms with van der Waals surface area (Å²) in [7, 11) is 1.71. The minimum Gasteiger partial charge on any atom is -0.383 e. The lowest BCUT2D eigenvalue weighted by molar-refractivity contribution is 0.181. The van der Waals surface area contributed by atoms with Crippen LogP contribution < -0.4 is 4.90 Å². The summed E-state index contributed by atoms with van der Waals surface area (Å²) in [4.78, 5) is 11.2. The number of likely N-dealkylation sites (N-methyl/N-ethyl adjacent to an activating group) is 1. The van der Waals surface area contributed by atoms with Crippen molar-refractivity contribution in [3.05, 3.63) is 17.0 Å². The van der Waals surface area contributed by atoms with Crippen LogP contribution in [0.3, 0.4) is 0 Å². The van der Waals surface area contributed by atoms with Crippen LogP contribution in [0.15, 0.2) is 6.07 Å². The van der Waals surface area contributed by atoms with E-state index in [0.29, 0.717) is 11.8 Å². The van der Waals surface area contributed by atoms with Gasteiger partial charge < -0.3 is 9.64 Å². The van der Waals surface area contributed by atoms with Crippen molar-refractivity contribution in [1.82, 2.24) is 9.97 Å². The quantitative estimate of drug-likeness (QED) is 0.778. The van der Waals surface area contributed by atoms with E-state index < -0.39 is 0 Å². The second-order valence-electron chi connectivity index (χ2n) is 5.71. The van der Waals surface area contributed by atoms with Gasteiger partial charge in [-0.1, -0.05) is 32.4 Å². The molecule has 0 aliphatic carbocycles. The molecule has 0 fully saturated rings. The minimum absolute atomic E-state index is 0.121. The molecule has 0 aliphatic rings. The first-order valence-corrected chi connectivity index (χ1v) is 6.98. The van der Waals surface area contributed by atoms with Gasteiger partial charge in [-0.3, -0.25) is 0 Å². The van der Waals surface area contributed by atoms with Crippen LogP contribution in [-0.4, -0.2) is 36.3 Å². The Morgan fingerprint density at radius 3 is 2.47 bits per heavy atom. The van der Waals surface area contributed by atoms with Gasteiger partial charge in [-0.15, -0.1) is 0 Å². The van der Waals surface area contributed by atoms with Gasteiger partial charge in [-0.2, -0.15) is 0 Å². The maximum atomic E-state index is 6.13. The zero-order chi connectivity index (χ0) is 14.6. The summed E-state index contributed by atoms with van der Waals surface area (Å²) in [6.45, 7) is 12.0. The van der Waals surface area contributed by atoms with Crippen molar-refractivity contribution in [2.75, 3.05) is 25.2 Å². The Morgan fingerprint density at radius 2 is 2.00 bits per heavy atom. The minimum atomic E-state index is -0.121. The molecular formula is C14H24ClN3O. The highest BCUT2D eigenvalue weighted by Gasteiger charge is 2.21. The van der Waals surface area contributed by atoms with Gasteiger partial charge in [0.15, 0.2) is 0 Å². The zero-order valence-corrected chi connectivity index (χ0v) is 13.5. The van der Waals surface area contributed by atoms with Crippen LogP contribution in [0.25, 0.3) is 0 Å². The predicted octanol–water partition coefficient (Wildman–Crippen LogP) is 3.29. The molecule has 0 aliphatic heterocycles. The number of nitrogens with zero attached hydrogens (tertiary/aromatic N) is 3. The van der Waals surface area contributed by atoms with Crippen molar-refractivity contribution in [3.63, 3.8) is 0 Å². The molecule has 1 aromatic rings. The number of rotatable bonds is 5. The van der Waals surface area contributed by atoms with Gasteiger partial charge in [0, 0.05) is 25.1 Å². The lowest BCUT2D eigenvalue weighted by Gasteiger charge is -2.30. The molecular weight excluding hydrogens is 262 g/mol. The first-order chi connectivity index (χ1) is 8.79. The Morgan fingerprint density at radius 1 is 1.37 bits per heavy atom. The third-order valence-corrected chi connectivity index (χ3v) is 3.12. The Balaban J connectivity index is 3.14. The van der Waals surface area contributed by atoms with Crippen LogP contribution in [0.1, 0.15) is 40.4 Å². The molecule has 0 aromatic carbocycles. The number of hydrogen-bond donors (Lipinski definition) is 0. The van der Waals surface area contributed by atoms with Gasteiger partial charge >= 0.3 is 0 Å². The molecule has 0 amide bonds. The lowest BCUT2D eigenvalue weighted by atomic mass is 9.96. The molecule has 0 saturated carbocycles. The van der Waals surface area contributed by atoms with E-state index >= 15 is 0 Å². The summed E-state index contributed by atoms with van der Waals surface area (Å²) >= 11 is 6.13. The number of ether oxygens (including phenoxy) is 1. The van der Waals surface area contributed by atoms with Crippen molar-refractivity contribution in [3.8, 4) is 0 Å². The summed E-state index contributed by atoms with van der Waals surface area (Å²) in [5.74, 6) is 1.62. The topological polar surface area (TPSA) is 38.2 Å². The van der Waals surface area contributed by atoms with E-state index in [2.05, 4.69) is 49.5 Å². The van der Waals surface area contributed by atoms with E-state index in [0.717, 1.165) is 18.2 Å². The molecule has 1 atom stereocenters. The van der Waals surface area contributed by atoms with Gasteiger partial charge in [0.05, 0.1) is 12.6 Å². The predicted molar refractivity (Wildman–Crippen MR) is 80.1 cm³/mol. The van der Waals surface area contributed by atoms with E-state index in [-0.39, 0.29) is 11.5 Å². The van der Waals surface area contributed by atoms with Gasteiger partial charge in [-0.05, 0) is 13.8 Å². The van der Waals surface area contributed by atoms with Crippen LogP contribution in [0.4, 0.5) is 5.82 Å². The third-order valence-electron chi connectivity index (χ3n) is 2.93. The summed E-state index contributed by atoms with van der Waals surface area (Å²) in [6, 6.07) is 2.06. The van der Waals surface area contributed by atoms with Crippen LogP contribution in [0.5, 0.6) is 0 Å². The van der Waals surface area contributed by atoms with Crippen LogP contribution in [0.2, 0.25) is 5.15 Å². The highest BCUT2D eigenvalue weighted by Crippen LogP contribution is 2.24. The summed E-state index contributed by atoms with van der Waals surface area (Å²) in [5.41, 5.74) is -0.121. The van der Waals surface area contributed by atoms with Gasteiger partial charge in [-0.25, -0.2) is 9.97 Å². The molecule has 19 heavy (non-hydrogen) atoms. The van der Waals surface area contributed by atoms with Crippen LogP contribution >= 0.6 is 11.6 Å². The molecule has 108 valence electrons. The first-order valence-electron chi connectivity index (χ1n) is 6.60. The lowest BCUT2D eigenvalue weighted by Crippen LogP contribution is -2.37. The van der Waals surface area contributed by atoms with Gasteiger partial charge in [0.25, 0.3) is 0 Å². The number of hydrogen-bond acceptors (Lipinski definition) is 4. The molecule has 1 unspecified atom stereocenters. The Labute approximate surface area is 121 Å². The Hall–Kier alpha value is -0.870. The maximum Gasteiger partial charge on any atom is 0.137 e. The molecule has 1 aromatic heterocycles. The third kappa shape index (κ3) is 4.32. The van der Waals surface area contributed by atoms with Crippen molar-refractivity contribution in [2.45, 2.75) is 46.1 Å². The van der Waals surface area contributed by atoms with Gasteiger partial charge in [0.1, 0.15) is 16.8 Å². The maximum absolute atomic E-state index is 6.13. The molecule has 0 bridgehead atoms. The summed E-state index contributed by atoms with van der Waals surface area (Å²) < 4.78 is 5.22. The van der Waals surface area contributed by atoms with E-state index in [1.54, 1.807) is 7.11 Å². The number of anilines is 1. The second kappa shape index (κ2) is 6.53. The standard InChI is InChI=1S/C14H24ClN3O/c1-7-18(10(2)9-19-6)12-8-11(15)16-13(17-12)14(3,4)5/h8,10H,7,9H2,1-6H3. The fourth-order valence-electron chi connectivity index (χ4n) is 1.92. The molecule has 0 saturated heterocycles. The molecule has 0 spiro atoms. The normalized spacial score (nSPS) is 13.4. The largest absolute Gasteiger partial charge is 0.383 e. The zero-order valence-electron chi connectivity index (χ0n) is 12.7. The van der Waals surface area contributed by atoms with Crippen LogP contribution in [0, 0.1) is 0 Å². The second-order valence-corrected chi connectivity index (χ2v) is 6.10. The molecule has 5 heteroatoms.